The Morgan fingerprint density at radius 1 is 0.933 bits per heavy atom. The summed E-state index contributed by atoms with van der Waals surface area (Å²) in [5, 5.41) is 4.38. The van der Waals surface area contributed by atoms with Gasteiger partial charge in [-0.3, -0.25) is 0 Å². The highest BCUT2D eigenvalue weighted by Gasteiger charge is 2.18. The first-order valence-corrected chi connectivity index (χ1v) is 9.90. The number of methoxy groups -OCH3 is 2. The van der Waals surface area contributed by atoms with Gasteiger partial charge in [0.05, 0.1) is 53.1 Å². The zero-order valence-corrected chi connectivity index (χ0v) is 18.8. The van der Waals surface area contributed by atoms with Crippen molar-refractivity contribution < 1.29 is 14.2 Å². The van der Waals surface area contributed by atoms with Crippen LogP contribution in [0.5, 0.6) is 17.2 Å². The zero-order valence-electron chi connectivity index (χ0n) is 15.8. The topological polar surface area (TPSA) is 91.5 Å². The largest absolute Gasteiger partial charge is 0.495 e. The number of aromatic nitrogens is 2. The molecule has 0 amide bonds. The molecule has 7 nitrogen and oxygen atoms in total. The highest BCUT2D eigenvalue weighted by Crippen LogP contribution is 2.40. The van der Waals surface area contributed by atoms with Crippen molar-refractivity contribution in [1.82, 2.24) is 9.97 Å². The fourth-order valence-electron chi connectivity index (χ4n) is 2.51. The van der Waals surface area contributed by atoms with Gasteiger partial charge in [-0.2, -0.15) is 0 Å². The summed E-state index contributed by atoms with van der Waals surface area (Å²) in [5.74, 6) is 1.51. The molecule has 158 valence electrons. The smallest absolute Gasteiger partial charge is 0.227 e. The number of nitrogens with two attached hydrogens (primary N) is 1. The van der Waals surface area contributed by atoms with E-state index in [9.17, 15) is 0 Å². The summed E-state index contributed by atoms with van der Waals surface area (Å²) in [5.41, 5.74) is 7.27. The first-order valence-electron chi connectivity index (χ1n) is 8.39. The van der Waals surface area contributed by atoms with Gasteiger partial charge in [-0.05, 0) is 12.1 Å². The van der Waals surface area contributed by atoms with Gasteiger partial charge < -0.3 is 25.3 Å². The van der Waals surface area contributed by atoms with E-state index in [0.717, 1.165) is 0 Å². The van der Waals surface area contributed by atoms with Crippen LogP contribution < -0.4 is 25.3 Å². The van der Waals surface area contributed by atoms with Gasteiger partial charge in [0.1, 0.15) is 18.1 Å². The number of benzene rings is 2. The molecule has 0 spiro atoms. The molecule has 1 heterocycles. The number of hydrogen-bond donors (Lipinski definition) is 2. The van der Waals surface area contributed by atoms with Crippen LogP contribution in [-0.4, -0.2) is 24.2 Å². The van der Waals surface area contributed by atoms with Crippen LogP contribution in [0.25, 0.3) is 0 Å². The van der Waals surface area contributed by atoms with Crippen LogP contribution in [0.15, 0.2) is 30.6 Å². The predicted octanol–water partition coefficient (Wildman–Crippen LogP) is 6.01. The van der Waals surface area contributed by atoms with E-state index in [-0.39, 0.29) is 12.6 Å². The quantitative estimate of drug-likeness (QED) is 0.392. The van der Waals surface area contributed by atoms with Crippen LogP contribution in [-0.2, 0) is 6.61 Å². The van der Waals surface area contributed by atoms with Crippen LogP contribution in [0.1, 0.15) is 5.56 Å². The van der Waals surface area contributed by atoms with Gasteiger partial charge in [0.2, 0.25) is 5.95 Å². The summed E-state index contributed by atoms with van der Waals surface area (Å²) in [6.07, 6.45) is 2.96. The van der Waals surface area contributed by atoms with Crippen molar-refractivity contribution in [3.05, 3.63) is 56.2 Å². The molecular weight excluding hydrogens is 474 g/mol. The number of nitrogens with one attached hydrogen (secondary N) is 1. The fourth-order valence-corrected chi connectivity index (χ4v) is 3.68. The molecular formula is C19H16Cl4N4O3. The molecule has 3 aromatic rings. The van der Waals surface area contributed by atoms with Gasteiger partial charge in [0.15, 0.2) is 5.75 Å². The van der Waals surface area contributed by atoms with E-state index in [0.29, 0.717) is 54.3 Å². The van der Waals surface area contributed by atoms with Gasteiger partial charge in [-0.25, -0.2) is 9.97 Å². The van der Waals surface area contributed by atoms with Gasteiger partial charge in [-0.1, -0.05) is 46.4 Å². The lowest BCUT2D eigenvalue weighted by Crippen LogP contribution is -2.03. The second-order valence-electron chi connectivity index (χ2n) is 5.90. The van der Waals surface area contributed by atoms with Gasteiger partial charge >= 0.3 is 0 Å². The number of hydrogen-bond acceptors (Lipinski definition) is 7. The van der Waals surface area contributed by atoms with Crippen molar-refractivity contribution in [1.29, 1.82) is 0 Å². The number of nitrogen functional groups attached to an aromatic ring is 1. The molecule has 0 aliphatic carbocycles. The lowest BCUT2D eigenvalue weighted by atomic mass is 10.2. The molecule has 3 rings (SSSR count). The van der Waals surface area contributed by atoms with Gasteiger partial charge in [0, 0.05) is 16.7 Å². The Morgan fingerprint density at radius 3 is 2.07 bits per heavy atom. The third-order valence-electron chi connectivity index (χ3n) is 4.00. The lowest BCUT2D eigenvalue weighted by molar-refractivity contribution is 0.301. The van der Waals surface area contributed by atoms with Crippen LogP contribution in [0.3, 0.4) is 0 Å². The molecule has 0 atom stereocenters. The van der Waals surface area contributed by atoms with Crippen LogP contribution in [0.4, 0.5) is 17.3 Å². The molecule has 0 fully saturated rings. The molecule has 11 heteroatoms. The zero-order chi connectivity index (χ0) is 21.8. The molecule has 1 aromatic heterocycles. The second kappa shape index (κ2) is 9.66. The maximum Gasteiger partial charge on any atom is 0.227 e. The maximum absolute atomic E-state index is 6.35. The summed E-state index contributed by atoms with van der Waals surface area (Å²) in [6, 6.07) is 4.74. The average molecular weight is 490 g/mol. The van der Waals surface area contributed by atoms with E-state index in [4.69, 9.17) is 66.3 Å². The Labute approximate surface area is 193 Å². The van der Waals surface area contributed by atoms with E-state index in [1.165, 1.54) is 26.6 Å². The van der Waals surface area contributed by atoms with Crippen LogP contribution in [0, 0.1) is 0 Å². The minimum atomic E-state index is 0.0529. The SMILES string of the molecule is COc1cc(OC)c(Cl)c(COc2cnc(Nc3c(N)cc(Cl)cc3Cl)nc2)c1Cl. The number of halogens is 4. The number of anilines is 3. The summed E-state index contributed by atoms with van der Waals surface area (Å²) in [7, 11) is 3.00. The Bertz CT molecular complexity index is 1010. The molecule has 0 aliphatic heterocycles. The minimum absolute atomic E-state index is 0.0529. The molecule has 0 bridgehead atoms. The predicted molar refractivity (Wildman–Crippen MR) is 120 cm³/mol. The Kier molecular flexibility index (Phi) is 7.20. The minimum Gasteiger partial charge on any atom is -0.495 e. The molecule has 0 unspecified atom stereocenters. The fraction of sp³-hybridized carbons (Fsp3) is 0.158. The average Bonchev–Trinajstić information content (AvgIpc) is 2.72. The molecule has 30 heavy (non-hydrogen) atoms. The van der Waals surface area contributed by atoms with Crippen molar-refractivity contribution in [3.63, 3.8) is 0 Å². The Hall–Kier alpha value is -2.32. The number of rotatable bonds is 7. The third kappa shape index (κ3) is 4.87. The van der Waals surface area contributed by atoms with Crippen molar-refractivity contribution in [2.24, 2.45) is 0 Å². The van der Waals surface area contributed by atoms with E-state index in [1.807, 2.05) is 0 Å². The second-order valence-corrected chi connectivity index (χ2v) is 7.50. The van der Waals surface area contributed by atoms with Crippen molar-refractivity contribution >= 4 is 63.7 Å². The van der Waals surface area contributed by atoms with E-state index in [1.54, 1.807) is 18.2 Å². The highest BCUT2D eigenvalue weighted by atomic mass is 35.5. The van der Waals surface area contributed by atoms with E-state index < -0.39 is 0 Å². The molecule has 2 aromatic carbocycles. The standard InChI is InChI=1S/C19H16Cl4N4O3/c1-28-14-5-15(29-2)17(23)11(16(14)22)8-30-10-6-25-19(26-7-10)27-18-12(21)3-9(20)4-13(18)24/h3-7H,8,24H2,1-2H3,(H,25,26,27). The van der Waals surface area contributed by atoms with Crippen molar-refractivity contribution in [3.8, 4) is 17.2 Å². The normalized spacial score (nSPS) is 10.6. The first-order chi connectivity index (χ1) is 14.3. The Morgan fingerprint density at radius 2 is 1.53 bits per heavy atom. The summed E-state index contributed by atoms with van der Waals surface area (Å²) >= 11 is 24.8. The Balaban J connectivity index is 1.75. The number of nitrogens with zero attached hydrogens (tertiary/aromatic N) is 2. The van der Waals surface area contributed by atoms with E-state index in [2.05, 4.69) is 15.3 Å². The van der Waals surface area contributed by atoms with Crippen LogP contribution >= 0.6 is 46.4 Å². The maximum atomic E-state index is 6.35. The summed E-state index contributed by atoms with van der Waals surface area (Å²) < 4.78 is 16.2. The van der Waals surface area contributed by atoms with Gasteiger partial charge in [-0.15, -0.1) is 0 Å². The monoisotopic (exact) mass is 488 g/mol. The first kappa shape index (κ1) is 22.4. The van der Waals surface area contributed by atoms with Crippen molar-refractivity contribution in [2.75, 3.05) is 25.3 Å². The molecule has 3 N–H and O–H groups in total. The molecule has 0 aliphatic rings. The van der Waals surface area contributed by atoms with Crippen LogP contribution in [0.2, 0.25) is 20.1 Å². The number of ether oxygens (including phenoxy) is 3. The molecule has 0 saturated heterocycles. The summed E-state index contributed by atoms with van der Waals surface area (Å²) in [4.78, 5) is 8.39. The molecule has 0 radical (unpaired) electrons. The lowest BCUT2D eigenvalue weighted by Gasteiger charge is -2.15. The van der Waals surface area contributed by atoms with E-state index >= 15 is 0 Å². The van der Waals surface area contributed by atoms with Crippen molar-refractivity contribution in [2.45, 2.75) is 6.61 Å². The summed E-state index contributed by atoms with van der Waals surface area (Å²) in [6.45, 7) is 0.0529. The molecule has 0 saturated carbocycles. The third-order valence-corrected chi connectivity index (χ3v) is 5.34. The highest BCUT2D eigenvalue weighted by molar-refractivity contribution is 6.38. The van der Waals surface area contributed by atoms with Gasteiger partial charge in [0.25, 0.3) is 0 Å².